The third-order valence-electron chi connectivity index (χ3n) is 5.06. The van der Waals surface area contributed by atoms with Gasteiger partial charge >= 0.3 is 0 Å². The second-order valence-electron chi connectivity index (χ2n) is 7.03. The van der Waals surface area contributed by atoms with E-state index in [0.717, 1.165) is 12.0 Å². The van der Waals surface area contributed by atoms with Gasteiger partial charge in [-0.25, -0.2) is 0 Å². The van der Waals surface area contributed by atoms with Gasteiger partial charge in [0.15, 0.2) is 5.11 Å². The molecule has 0 aromatic heterocycles. The Hall–Kier alpha value is -2.69. The van der Waals surface area contributed by atoms with E-state index in [1.807, 2.05) is 37.3 Å². The zero-order valence-electron chi connectivity index (χ0n) is 15.4. The first-order chi connectivity index (χ1) is 13.5. The molecule has 1 atom stereocenters. The summed E-state index contributed by atoms with van der Waals surface area (Å²) in [5.41, 5.74) is 3.14. The molecular formula is C23H19ClN2OS. The molecule has 1 N–H and O–H groups in total. The van der Waals surface area contributed by atoms with Crippen LogP contribution in [0.5, 0.6) is 0 Å². The van der Waals surface area contributed by atoms with Crippen molar-refractivity contribution in [2.45, 2.75) is 18.9 Å². The summed E-state index contributed by atoms with van der Waals surface area (Å²) in [4.78, 5) is 14.8. The van der Waals surface area contributed by atoms with Crippen molar-refractivity contribution in [1.82, 2.24) is 5.32 Å². The number of rotatable bonds is 4. The Morgan fingerprint density at radius 3 is 2.18 bits per heavy atom. The lowest BCUT2D eigenvalue weighted by atomic mass is 9.90. The number of nitrogens with zero attached hydrogens (tertiary/aromatic N) is 1. The molecule has 4 rings (SSSR count). The van der Waals surface area contributed by atoms with Gasteiger partial charge in [-0.05, 0) is 66.5 Å². The van der Waals surface area contributed by atoms with Crippen LogP contribution in [0, 0.1) is 0 Å². The molecule has 1 aliphatic rings. The maximum atomic E-state index is 13.2. The first-order valence-corrected chi connectivity index (χ1v) is 9.81. The number of amides is 1. The van der Waals surface area contributed by atoms with E-state index in [2.05, 4.69) is 29.6 Å². The number of carbonyl (C=O) groups is 1. The highest BCUT2D eigenvalue weighted by atomic mass is 35.5. The van der Waals surface area contributed by atoms with E-state index in [4.69, 9.17) is 23.8 Å². The second-order valence-corrected chi connectivity index (χ2v) is 7.85. The fourth-order valence-corrected chi connectivity index (χ4v) is 3.97. The van der Waals surface area contributed by atoms with Gasteiger partial charge in [0.05, 0.1) is 5.69 Å². The minimum Gasteiger partial charge on any atom is -0.344 e. The summed E-state index contributed by atoms with van der Waals surface area (Å²) < 4.78 is 0. The molecule has 3 nitrogen and oxygen atoms in total. The second kappa shape index (κ2) is 7.38. The smallest absolute Gasteiger partial charge is 0.263 e. The Kier molecular flexibility index (Phi) is 4.92. The minimum atomic E-state index is -0.901. The standard InChI is InChI=1S/C23H19ClN2OS/c1-23(18-9-7-17(8-10-18)15-16-5-3-2-4-6-16)21(27)26(22(28)25-23)20-13-11-19(24)12-14-20/h2-14H,15H2,1H3,(H,25,28). The number of hydrogen-bond acceptors (Lipinski definition) is 2. The molecular weight excluding hydrogens is 388 g/mol. The predicted octanol–water partition coefficient (Wildman–Crippen LogP) is 5.07. The largest absolute Gasteiger partial charge is 0.344 e. The molecule has 1 heterocycles. The highest BCUT2D eigenvalue weighted by molar-refractivity contribution is 7.80. The van der Waals surface area contributed by atoms with Crippen molar-refractivity contribution in [3.05, 3.63) is 101 Å². The van der Waals surface area contributed by atoms with Crippen molar-refractivity contribution in [1.29, 1.82) is 0 Å². The molecule has 1 unspecified atom stereocenters. The third-order valence-corrected chi connectivity index (χ3v) is 5.59. The van der Waals surface area contributed by atoms with Crippen molar-refractivity contribution in [3.8, 4) is 0 Å². The number of anilines is 1. The highest BCUT2D eigenvalue weighted by Crippen LogP contribution is 2.33. The molecule has 0 saturated carbocycles. The van der Waals surface area contributed by atoms with E-state index in [1.165, 1.54) is 16.0 Å². The van der Waals surface area contributed by atoms with Gasteiger partial charge in [-0.15, -0.1) is 0 Å². The van der Waals surface area contributed by atoms with E-state index in [-0.39, 0.29) is 5.91 Å². The van der Waals surface area contributed by atoms with Crippen LogP contribution in [0.3, 0.4) is 0 Å². The Morgan fingerprint density at radius 2 is 1.54 bits per heavy atom. The van der Waals surface area contributed by atoms with Crippen LogP contribution in [0.15, 0.2) is 78.9 Å². The number of hydrogen-bond donors (Lipinski definition) is 1. The normalized spacial score (nSPS) is 19.0. The van der Waals surface area contributed by atoms with Gasteiger partial charge in [-0.1, -0.05) is 66.2 Å². The maximum Gasteiger partial charge on any atom is 0.263 e. The lowest BCUT2D eigenvalue weighted by Crippen LogP contribution is -2.40. The molecule has 0 radical (unpaired) electrons. The molecule has 3 aromatic rings. The molecule has 28 heavy (non-hydrogen) atoms. The molecule has 3 aromatic carbocycles. The quantitative estimate of drug-likeness (QED) is 0.614. The SMILES string of the molecule is CC1(c2ccc(Cc3ccccc3)cc2)NC(=S)N(c2ccc(Cl)cc2)C1=O. The van der Waals surface area contributed by atoms with Crippen LogP contribution in [0.4, 0.5) is 5.69 Å². The van der Waals surface area contributed by atoms with Crippen molar-refractivity contribution >= 4 is 40.5 Å². The zero-order chi connectivity index (χ0) is 19.7. The summed E-state index contributed by atoms with van der Waals surface area (Å²) in [7, 11) is 0. The van der Waals surface area contributed by atoms with E-state index in [9.17, 15) is 4.79 Å². The summed E-state index contributed by atoms with van der Waals surface area (Å²) in [5, 5.41) is 4.21. The fraction of sp³-hybridized carbons (Fsp3) is 0.130. The summed E-state index contributed by atoms with van der Waals surface area (Å²) in [6, 6.07) is 25.5. The molecule has 0 spiro atoms. The van der Waals surface area contributed by atoms with E-state index in [1.54, 1.807) is 24.3 Å². The van der Waals surface area contributed by atoms with Crippen molar-refractivity contribution in [2.24, 2.45) is 0 Å². The average Bonchev–Trinajstić information content (AvgIpc) is 2.93. The molecule has 0 bridgehead atoms. The molecule has 140 valence electrons. The minimum absolute atomic E-state index is 0.101. The molecule has 1 amide bonds. The molecule has 1 saturated heterocycles. The summed E-state index contributed by atoms with van der Waals surface area (Å²) >= 11 is 11.4. The van der Waals surface area contributed by atoms with Crippen LogP contribution >= 0.6 is 23.8 Å². The summed E-state index contributed by atoms with van der Waals surface area (Å²) in [5.74, 6) is -0.101. The van der Waals surface area contributed by atoms with Crippen LogP contribution in [0.25, 0.3) is 0 Å². The van der Waals surface area contributed by atoms with Gasteiger partial charge in [0.1, 0.15) is 5.54 Å². The Bertz CT molecular complexity index is 1020. The van der Waals surface area contributed by atoms with Crippen LogP contribution in [0.2, 0.25) is 5.02 Å². The summed E-state index contributed by atoms with van der Waals surface area (Å²) in [6.45, 7) is 1.86. The van der Waals surface area contributed by atoms with Crippen LogP contribution in [0.1, 0.15) is 23.6 Å². The van der Waals surface area contributed by atoms with Gasteiger partial charge in [-0.2, -0.15) is 0 Å². The molecule has 5 heteroatoms. The molecule has 1 aliphatic heterocycles. The summed E-state index contributed by atoms with van der Waals surface area (Å²) in [6.07, 6.45) is 0.856. The average molecular weight is 407 g/mol. The third kappa shape index (κ3) is 3.41. The van der Waals surface area contributed by atoms with Gasteiger partial charge in [-0.3, -0.25) is 9.69 Å². The van der Waals surface area contributed by atoms with Crippen molar-refractivity contribution in [3.63, 3.8) is 0 Å². The van der Waals surface area contributed by atoms with Crippen molar-refractivity contribution < 1.29 is 4.79 Å². The van der Waals surface area contributed by atoms with Gasteiger partial charge in [0, 0.05) is 5.02 Å². The zero-order valence-corrected chi connectivity index (χ0v) is 16.9. The van der Waals surface area contributed by atoms with Gasteiger partial charge in [0.25, 0.3) is 5.91 Å². The Balaban J connectivity index is 1.59. The first-order valence-electron chi connectivity index (χ1n) is 9.03. The van der Waals surface area contributed by atoms with Crippen LogP contribution < -0.4 is 10.2 Å². The number of thiocarbonyl (C=S) groups is 1. The lowest BCUT2D eigenvalue weighted by molar-refractivity contribution is -0.121. The number of nitrogens with one attached hydrogen (secondary N) is 1. The topological polar surface area (TPSA) is 32.3 Å². The molecule has 1 fully saturated rings. The van der Waals surface area contributed by atoms with Crippen LogP contribution in [-0.2, 0) is 16.8 Å². The fourth-order valence-electron chi connectivity index (χ4n) is 3.45. The van der Waals surface area contributed by atoms with E-state index < -0.39 is 5.54 Å². The first kappa shape index (κ1) is 18.7. The molecule has 0 aliphatic carbocycles. The van der Waals surface area contributed by atoms with Crippen LogP contribution in [-0.4, -0.2) is 11.0 Å². The monoisotopic (exact) mass is 406 g/mol. The highest BCUT2D eigenvalue weighted by Gasteiger charge is 2.47. The number of benzene rings is 3. The Morgan fingerprint density at radius 1 is 0.929 bits per heavy atom. The Labute approximate surface area is 174 Å². The van der Waals surface area contributed by atoms with Crippen molar-refractivity contribution in [2.75, 3.05) is 4.90 Å². The van der Waals surface area contributed by atoms with E-state index >= 15 is 0 Å². The maximum absolute atomic E-state index is 13.2. The van der Waals surface area contributed by atoms with Gasteiger partial charge < -0.3 is 5.32 Å². The van der Waals surface area contributed by atoms with Gasteiger partial charge in [0.2, 0.25) is 0 Å². The predicted molar refractivity (Wildman–Crippen MR) is 118 cm³/mol. The number of halogens is 1. The lowest BCUT2D eigenvalue weighted by Gasteiger charge is -2.23. The number of carbonyl (C=O) groups excluding carboxylic acids is 1. The van der Waals surface area contributed by atoms with E-state index in [0.29, 0.717) is 15.8 Å².